The molecule has 0 saturated carbocycles. The molecule has 152 valence electrons. The second-order valence-corrected chi connectivity index (χ2v) is 6.00. The Balaban J connectivity index is 1.63. The summed E-state index contributed by atoms with van der Waals surface area (Å²) in [5.74, 6) is -0.428. The minimum atomic E-state index is -0.541. The number of esters is 1. The van der Waals surface area contributed by atoms with Crippen LogP contribution in [0, 0.1) is 0 Å². The summed E-state index contributed by atoms with van der Waals surface area (Å²) in [6.45, 7) is -0.149. The highest BCUT2D eigenvalue weighted by Crippen LogP contribution is 2.28. The number of pyridine rings is 2. The van der Waals surface area contributed by atoms with Gasteiger partial charge in [0.15, 0.2) is 11.5 Å². The number of hydrogen-bond acceptors (Lipinski definition) is 7. The smallest absolute Gasteiger partial charge is 0.343 e. The molecule has 30 heavy (non-hydrogen) atoms. The van der Waals surface area contributed by atoms with E-state index in [4.69, 9.17) is 9.47 Å². The Hall–Kier alpha value is -4.27. The van der Waals surface area contributed by atoms with Crippen LogP contribution in [0.3, 0.4) is 0 Å². The van der Waals surface area contributed by atoms with Crippen molar-refractivity contribution in [3.05, 3.63) is 88.6 Å². The number of nitrogens with zero attached hydrogens (tertiary/aromatic N) is 3. The number of benzene rings is 1. The number of aromatic nitrogens is 2. The first-order valence-electron chi connectivity index (χ1n) is 8.84. The summed E-state index contributed by atoms with van der Waals surface area (Å²) in [6, 6.07) is 12.5. The maximum absolute atomic E-state index is 12.2. The van der Waals surface area contributed by atoms with Crippen LogP contribution < -0.4 is 20.5 Å². The number of hydrazone groups is 1. The van der Waals surface area contributed by atoms with E-state index >= 15 is 0 Å². The second kappa shape index (κ2) is 9.78. The maximum Gasteiger partial charge on any atom is 0.343 e. The zero-order chi connectivity index (χ0) is 21.3. The van der Waals surface area contributed by atoms with Gasteiger partial charge in [0.2, 0.25) is 0 Å². The molecule has 0 spiro atoms. The van der Waals surface area contributed by atoms with Gasteiger partial charge in [-0.15, -0.1) is 0 Å². The quantitative estimate of drug-likeness (QED) is 0.276. The molecule has 0 radical (unpaired) electrons. The summed E-state index contributed by atoms with van der Waals surface area (Å²) < 4.78 is 11.9. The monoisotopic (exact) mass is 406 g/mol. The number of methoxy groups -OCH3 is 1. The predicted octanol–water partition coefficient (Wildman–Crippen LogP) is 1.62. The van der Waals surface area contributed by atoms with Crippen molar-refractivity contribution in [2.24, 2.45) is 5.10 Å². The minimum Gasteiger partial charge on any atom is -0.493 e. The molecule has 3 aromatic rings. The van der Waals surface area contributed by atoms with Crippen molar-refractivity contribution in [2.75, 3.05) is 7.11 Å². The van der Waals surface area contributed by atoms with Gasteiger partial charge in [0.25, 0.3) is 11.5 Å². The van der Waals surface area contributed by atoms with Crippen molar-refractivity contribution in [2.45, 2.75) is 6.54 Å². The van der Waals surface area contributed by atoms with Crippen molar-refractivity contribution in [1.82, 2.24) is 15.0 Å². The summed E-state index contributed by atoms with van der Waals surface area (Å²) in [4.78, 5) is 39.6. The molecule has 9 nitrogen and oxygen atoms in total. The van der Waals surface area contributed by atoms with Crippen LogP contribution in [0.5, 0.6) is 11.5 Å². The Bertz CT molecular complexity index is 1130. The summed E-state index contributed by atoms with van der Waals surface area (Å²) in [6.07, 6.45) is 5.91. The van der Waals surface area contributed by atoms with Gasteiger partial charge in [-0.1, -0.05) is 6.07 Å². The van der Waals surface area contributed by atoms with E-state index in [1.54, 1.807) is 42.5 Å². The van der Waals surface area contributed by atoms with Crippen LogP contribution in [0.2, 0.25) is 0 Å². The fourth-order valence-electron chi connectivity index (χ4n) is 2.46. The summed E-state index contributed by atoms with van der Waals surface area (Å²) in [7, 11) is 1.44. The lowest BCUT2D eigenvalue weighted by Crippen LogP contribution is -2.28. The Kier molecular flexibility index (Phi) is 6.67. The van der Waals surface area contributed by atoms with Gasteiger partial charge >= 0.3 is 5.97 Å². The third kappa shape index (κ3) is 5.38. The Labute approximate surface area is 171 Å². The normalized spacial score (nSPS) is 10.6. The fraction of sp³-hybridized carbons (Fsp3) is 0.0952. The van der Waals surface area contributed by atoms with Crippen molar-refractivity contribution < 1.29 is 19.1 Å². The van der Waals surface area contributed by atoms with E-state index in [1.165, 1.54) is 42.5 Å². The van der Waals surface area contributed by atoms with Gasteiger partial charge in [-0.3, -0.25) is 14.6 Å². The molecule has 1 amide bonds. The van der Waals surface area contributed by atoms with Gasteiger partial charge in [-0.25, -0.2) is 10.2 Å². The summed E-state index contributed by atoms with van der Waals surface area (Å²) >= 11 is 0. The molecule has 2 heterocycles. The molecule has 0 atom stereocenters. The van der Waals surface area contributed by atoms with Gasteiger partial charge in [0, 0.05) is 24.7 Å². The Morgan fingerprint density at radius 1 is 1.13 bits per heavy atom. The van der Waals surface area contributed by atoms with Gasteiger partial charge in [-0.2, -0.15) is 5.10 Å². The first-order chi connectivity index (χ1) is 14.6. The number of ether oxygens (including phenoxy) is 2. The van der Waals surface area contributed by atoms with Crippen LogP contribution in [-0.4, -0.2) is 34.8 Å². The molecule has 0 aliphatic rings. The fourth-order valence-corrected chi connectivity index (χ4v) is 2.46. The zero-order valence-corrected chi connectivity index (χ0v) is 16.0. The van der Waals surface area contributed by atoms with E-state index in [1.807, 2.05) is 0 Å². The molecule has 0 fully saturated rings. The van der Waals surface area contributed by atoms with Gasteiger partial charge in [-0.05, 0) is 42.0 Å². The average molecular weight is 406 g/mol. The minimum absolute atomic E-state index is 0.149. The van der Waals surface area contributed by atoms with E-state index in [-0.39, 0.29) is 17.9 Å². The molecule has 1 aromatic carbocycles. The molecule has 0 unspecified atom stereocenters. The number of amides is 1. The maximum atomic E-state index is 12.2. The van der Waals surface area contributed by atoms with Crippen LogP contribution in [-0.2, 0) is 11.3 Å². The molecule has 1 N–H and O–H groups in total. The molecule has 3 rings (SSSR count). The molecular weight excluding hydrogens is 388 g/mol. The highest BCUT2D eigenvalue weighted by Gasteiger charge is 2.12. The molecule has 9 heteroatoms. The zero-order valence-electron chi connectivity index (χ0n) is 16.0. The van der Waals surface area contributed by atoms with Crippen LogP contribution in [0.15, 0.2) is 77.0 Å². The van der Waals surface area contributed by atoms with Crippen molar-refractivity contribution in [1.29, 1.82) is 0 Å². The average Bonchev–Trinajstić information content (AvgIpc) is 2.77. The van der Waals surface area contributed by atoms with Crippen molar-refractivity contribution >= 4 is 18.1 Å². The van der Waals surface area contributed by atoms with Gasteiger partial charge < -0.3 is 14.0 Å². The lowest BCUT2D eigenvalue weighted by atomic mass is 10.2. The SMILES string of the molecule is COc1cc(/C=N\NC(=O)Cn2ccccc2=O)ccc1OC(=O)c1ccncc1. The number of rotatable bonds is 7. The van der Waals surface area contributed by atoms with Gasteiger partial charge in [0.1, 0.15) is 6.54 Å². The summed E-state index contributed by atoms with van der Waals surface area (Å²) in [5, 5.41) is 3.87. The molecule has 0 aliphatic heterocycles. The summed E-state index contributed by atoms with van der Waals surface area (Å²) in [5.41, 5.74) is 3.04. The van der Waals surface area contributed by atoms with Crippen molar-refractivity contribution in [3.8, 4) is 11.5 Å². The van der Waals surface area contributed by atoms with E-state index in [0.717, 1.165) is 0 Å². The van der Waals surface area contributed by atoms with Crippen LogP contribution >= 0.6 is 0 Å². The van der Waals surface area contributed by atoms with E-state index in [0.29, 0.717) is 16.9 Å². The van der Waals surface area contributed by atoms with E-state index in [2.05, 4.69) is 15.5 Å². The first kappa shape index (κ1) is 20.5. The van der Waals surface area contributed by atoms with Crippen molar-refractivity contribution in [3.63, 3.8) is 0 Å². The lowest BCUT2D eigenvalue weighted by molar-refractivity contribution is -0.121. The van der Waals surface area contributed by atoms with Crippen LogP contribution in [0.1, 0.15) is 15.9 Å². The van der Waals surface area contributed by atoms with Crippen LogP contribution in [0.4, 0.5) is 0 Å². The number of nitrogens with one attached hydrogen (secondary N) is 1. The first-order valence-corrected chi connectivity index (χ1v) is 8.84. The van der Waals surface area contributed by atoms with E-state index in [9.17, 15) is 14.4 Å². The van der Waals surface area contributed by atoms with E-state index < -0.39 is 11.9 Å². The topological polar surface area (TPSA) is 112 Å². The number of hydrogen-bond donors (Lipinski definition) is 1. The van der Waals surface area contributed by atoms with Crippen LogP contribution in [0.25, 0.3) is 0 Å². The number of carbonyl (C=O) groups excluding carboxylic acids is 2. The molecule has 0 bridgehead atoms. The molecule has 0 aliphatic carbocycles. The lowest BCUT2D eigenvalue weighted by Gasteiger charge is -2.10. The third-order valence-electron chi connectivity index (χ3n) is 3.92. The largest absolute Gasteiger partial charge is 0.493 e. The van der Waals surface area contributed by atoms with Gasteiger partial charge in [0.05, 0.1) is 18.9 Å². The molecule has 2 aromatic heterocycles. The molecular formula is C21H18N4O5. The molecule has 0 saturated heterocycles. The number of carbonyl (C=O) groups is 2. The second-order valence-electron chi connectivity index (χ2n) is 6.00. The third-order valence-corrected chi connectivity index (χ3v) is 3.92. The Morgan fingerprint density at radius 2 is 1.93 bits per heavy atom. The highest BCUT2D eigenvalue weighted by molar-refractivity contribution is 5.91. The predicted molar refractivity (Wildman–Crippen MR) is 109 cm³/mol. The standard InChI is InChI=1S/C21H18N4O5/c1-29-18-12-15(5-6-17(18)30-21(28)16-7-9-22-10-8-16)13-23-24-19(26)14-25-11-3-2-4-20(25)27/h2-13H,14H2,1H3,(H,24,26)/b23-13-. The highest BCUT2D eigenvalue weighted by atomic mass is 16.6. The Morgan fingerprint density at radius 3 is 2.67 bits per heavy atom.